The number of rotatable bonds is 6. The highest BCUT2D eigenvalue weighted by atomic mass is 16.6. The van der Waals surface area contributed by atoms with Gasteiger partial charge < -0.3 is 19.3 Å². The number of nitrogens with one attached hydrogen (secondary N) is 1. The van der Waals surface area contributed by atoms with E-state index in [2.05, 4.69) is 5.32 Å². The lowest BCUT2D eigenvalue weighted by molar-refractivity contribution is -0.136. The van der Waals surface area contributed by atoms with Gasteiger partial charge in [0.1, 0.15) is 11.8 Å². The maximum Gasteiger partial charge on any atom is 0.409 e. The third-order valence-electron chi connectivity index (χ3n) is 6.43. The van der Waals surface area contributed by atoms with Crippen LogP contribution in [0.15, 0.2) is 18.2 Å². The Bertz CT molecular complexity index is 938. The van der Waals surface area contributed by atoms with Gasteiger partial charge in [0.25, 0.3) is 5.91 Å². The summed E-state index contributed by atoms with van der Waals surface area (Å²) in [7, 11) is 0. The maximum absolute atomic E-state index is 12.9. The largest absolute Gasteiger partial charge is 0.493 e. The van der Waals surface area contributed by atoms with Crippen molar-refractivity contribution in [3.63, 3.8) is 0 Å². The molecule has 3 aliphatic rings. The summed E-state index contributed by atoms with van der Waals surface area (Å²) in [5.41, 5.74) is 1.32. The molecule has 0 bridgehead atoms. The van der Waals surface area contributed by atoms with E-state index < -0.39 is 11.9 Å². The predicted octanol–water partition coefficient (Wildman–Crippen LogP) is 2.33. The summed E-state index contributed by atoms with van der Waals surface area (Å²) in [4.78, 5) is 52.1. The van der Waals surface area contributed by atoms with Crippen LogP contribution in [0.2, 0.25) is 0 Å². The average Bonchev–Trinajstić information content (AvgIpc) is 3.13. The van der Waals surface area contributed by atoms with Crippen LogP contribution in [0.25, 0.3) is 0 Å². The molecule has 1 aromatic rings. The van der Waals surface area contributed by atoms with E-state index in [0.29, 0.717) is 55.9 Å². The van der Waals surface area contributed by atoms with Crippen LogP contribution in [0, 0.1) is 11.8 Å². The predicted molar refractivity (Wildman–Crippen MR) is 118 cm³/mol. The highest BCUT2D eigenvalue weighted by Gasteiger charge is 2.40. The fraction of sp³-hybridized carbons (Fsp3) is 0.583. The second-order valence-corrected chi connectivity index (χ2v) is 9.39. The van der Waals surface area contributed by atoms with Crippen LogP contribution in [0.5, 0.6) is 5.75 Å². The normalized spacial score (nSPS) is 21.3. The minimum atomic E-state index is -0.643. The Balaban J connectivity index is 1.32. The Morgan fingerprint density at radius 1 is 1.15 bits per heavy atom. The van der Waals surface area contributed by atoms with Crippen LogP contribution in [-0.4, -0.2) is 66.0 Å². The molecule has 2 fully saturated rings. The van der Waals surface area contributed by atoms with E-state index in [9.17, 15) is 19.2 Å². The van der Waals surface area contributed by atoms with Gasteiger partial charge in [0.15, 0.2) is 0 Å². The molecule has 9 heteroatoms. The molecule has 0 radical (unpaired) electrons. The second-order valence-electron chi connectivity index (χ2n) is 9.39. The van der Waals surface area contributed by atoms with Crippen molar-refractivity contribution in [3.05, 3.63) is 29.3 Å². The van der Waals surface area contributed by atoms with E-state index >= 15 is 0 Å². The molecule has 0 aromatic heterocycles. The van der Waals surface area contributed by atoms with Gasteiger partial charge in [-0.3, -0.25) is 19.7 Å². The van der Waals surface area contributed by atoms with Gasteiger partial charge in [0.2, 0.25) is 11.8 Å². The molecule has 9 nitrogen and oxygen atoms in total. The summed E-state index contributed by atoms with van der Waals surface area (Å²) in [6.45, 7) is 6.51. The standard InChI is InChI=1S/C24H31N3O6/c1-15(2)13-33-24(31)26-10-8-16(9-11-26)14-32-20-5-3-4-17-18(20)12-27(23(17)30)19-6-7-21(28)25-22(19)29/h3-5,15-16,19H,6-14H2,1-2H3,(H,25,28,29). The van der Waals surface area contributed by atoms with Crippen molar-refractivity contribution in [2.24, 2.45) is 11.8 Å². The van der Waals surface area contributed by atoms with Crippen LogP contribution in [0.1, 0.15) is 55.5 Å². The van der Waals surface area contributed by atoms with Crippen LogP contribution < -0.4 is 10.1 Å². The molecule has 4 rings (SSSR count). The number of hydrogen-bond acceptors (Lipinski definition) is 6. The first-order chi connectivity index (χ1) is 15.8. The number of hydrogen-bond donors (Lipinski definition) is 1. The Morgan fingerprint density at radius 3 is 2.61 bits per heavy atom. The molecule has 3 heterocycles. The molecule has 4 amide bonds. The molecule has 0 spiro atoms. The van der Waals surface area contributed by atoms with Gasteiger partial charge in [-0.2, -0.15) is 0 Å². The van der Waals surface area contributed by atoms with Crippen LogP contribution >= 0.6 is 0 Å². The lowest BCUT2D eigenvalue weighted by Crippen LogP contribution is -2.52. The van der Waals surface area contributed by atoms with E-state index in [4.69, 9.17) is 9.47 Å². The first kappa shape index (κ1) is 23.1. The molecule has 3 aliphatic heterocycles. The maximum atomic E-state index is 12.9. The number of amides is 4. The summed E-state index contributed by atoms with van der Waals surface area (Å²) in [5.74, 6) is 0.327. The molecule has 1 unspecified atom stereocenters. The fourth-order valence-corrected chi connectivity index (χ4v) is 4.51. The molecule has 1 N–H and O–H groups in total. The lowest BCUT2D eigenvalue weighted by atomic mass is 9.98. The molecule has 1 aromatic carbocycles. The van der Waals surface area contributed by atoms with Crippen molar-refractivity contribution >= 4 is 23.8 Å². The molecule has 33 heavy (non-hydrogen) atoms. The van der Waals surface area contributed by atoms with Gasteiger partial charge in [-0.05, 0) is 43.2 Å². The van der Waals surface area contributed by atoms with Crippen molar-refractivity contribution in [2.75, 3.05) is 26.3 Å². The molecule has 178 valence electrons. The Kier molecular flexibility index (Phi) is 6.85. The Morgan fingerprint density at radius 2 is 1.91 bits per heavy atom. The summed E-state index contributed by atoms with van der Waals surface area (Å²) in [6.07, 6.45) is 1.96. The zero-order valence-electron chi connectivity index (χ0n) is 19.2. The molecule has 0 saturated carbocycles. The highest BCUT2D eigenvalue weighted by molar-refractivity contribution is 6.05. The topological polar surface area (TPSA) is 105 Å². The number of carbonyl (C=O) groups is 4. The minimum absolute atomic E-state index is 0.210. The molecule has 2 saturated heterocycles. The summed E-state index contributed by atoms with van der Waals surface area (Å²) < 4.78 is 11.4. The number of benzene rings is 1. The number of piperidine rings is 2. The van der Waals surface area contributed by atoms with Gasteiger partial charge in [-0.25, -0.2) is 4.79 Å². The zero-order chi connectivity index (χ0) is 23.5. The number of ether oxygens (including phenoxy) is 2. The van der Waals surface area contributed by atoms with Crippen LogP contribution in [0.4, 0.5) is 4.79 Å². The average molecular weight is 458 g/mol. The van der Waals surface area contributed by atoms with Crippen molar-refractivity contribution in [3.8, 4) is 5.75 Å². The van der Waals surface area contributed by atoms with Gasteiger partial charge in [-0.1, -0.05) is 19.9 Å². The van der Waals surface area contributed by atoms with Crippen LogP contribution in [-0.2, 0) is 20.9 Å². The third-order valence-corrected chi connectivity index (χ3v) is 6.43. The van der Waals surface area contributed by atoms with Crippen molar-refractivity contribution in [2.45, 2.75) is 52.1 Å². The quantitative estimate of drug-likeness (QED) is 0.658. The third kappa shape index (κ3) is 5.12. The number of imide groups is 1. The first-order valence-electron chi connectivity index (χ1n) is 11.6. The second kappa shape index (κ2) is 9.80. The van der Waals surface area contributed by atoms with Gasteiger partial charge in [0, 0.05) is 30.6 Å². The SMILES string of the molecule is CC(C)COC(=O)N1CCC(COc2cccc3c2CN(C2CCC(=O)NC2=O)C3=O)CC1. The molecular formula is C24H31N3O6. The van der Waals surface area contributed by atoms with E-state index in [-0.39, 0.29) is 30.9 Å². The van der Waals surface area contributed by atoms with Crippen molar-refractivity contribution in [1.29, 1.82) is 0 Å². The molecular weight excluding hydrogens is 426 g/mol. The van der Waals surface area contributed by atoms with Gasteiger partial charge in [0.05, 0.1) is 19.8 Å². The molecule has 0 aliphatic carbocycles. The van der Waals surface area contributed by atoms with E-state index in [1.807, 2.05) is 19.9 Å². The highest BCUT2D eigenvalue weighted by Crippen LogP contribution is 2.34. The number of nitrogens with zero attached hydrogens (tertiary/aromatic N) is 2. The summed E-state index contributed by atoms with van der Waals surface area (Å²) >= 11 is 0. The van der Waals surface area contributed by atoms with Crippen molar-refractivity contribution < 1.29 is 28.7 Å². The van der Waals surface area contributed by atoms with E-state index in [1.165, 1.54) is 4.90 Å². The Labute approximate surface area is 193 Å². The lowest BCUT2D eigenvalue weighted by Gasteiger charge is -2.31. The van der Waals surface area contributed by atoms with Gasteiger partial charge in [-0.15, -0.1) is 0 Å². The van der Waals surface area contributed by atoms with E-state index in [1.54, 1.807) is 17.0 Å². The van der Waals surface area contributed by atoms with Gasteiger partial charge >= 0.3 is 6.09 Å². The van der Waals surface area contributed by atoms with Crippen molar-refractivity contribution in [1.82, 2.24) is 15.1 Å². The smallest absolute Gasteiger partial charge is 0.409 e. The Hall–Kier alpha value is -3.10. The van der Waals surface area contributed by atoms with Crippen LogP contribution in [0.3, 0.4) is 0 Å². The summed E-state index contributed by atoms with van der Waals surface area (Å²) in [6, 6.07) is 4.74. The monoisotopic (exact) mass is 457 g/mol. The number of fused-ring (bicyclic) bond motifs is 1. The number of likely N-dealkylation sites (tertiary alicyclic amines) is 1. The summed E-state index contributed by atoms with van der Waals surface area (Å²) in [5, 5.41) is 2.32. The first-order valence-corrected chi connectivity index (χ1v) is 11.6. The zero-order valence-corrected chi connectivity index (χ0v) is 19.2. The van der Waals surface area contributed by atoms with E-state index in [0.717, 1.165) is 18.4 Å². The molecule has 1 atom stereocenters. The fourth-order valence-electron chi connectivity index (χ4n) is 4.51. The number of carbonyl (C=O) groups excluding carboxylic acids is 4. The minimum Gasteiger partial charge on any atom is -0.493 e.